The Morgan fingerprint density at radius 2 is 0.538 bits per heavy atom. The van der Waals surface area contributed by atoms with Crippen molar-refractivity contribution in [2.24, 2.45) is 0 Å². The molecule has 0 aromatic rings. The molecule has 0 amide bonds. The summed E-state index contributed by atoms with van der Waals surface area (Å²) in [5.41, 5.74) is 0. The fourth-order valence-corrected chi connectivity index (χ4v) is 0. The molecule has 0 atom stereocenters. The first-order valence-corrected chi connectivity index (χ1v) is 0. The molecule has 6 N–H and O–H groups in total. The summed E-state index contributed by atoms with van der Waals surface area (Å²) in [7, 11) is 0. The van der Waals surface area contributed by atoms with Gasteiger partial charge in [-0.05, 0) is 0 Å². The molecule has 0 fully saturated rings. The predicted molar refractivity (Wildman–Crippen MR) is 32.0 cm³/mol. The molecule has 0 heterocycles. The van der Waals surface area contributed by atoms with Crippen molar-refractivity contribution in [3.05, 3.63) is 0 Å². The molecule has 13 heteroatoms. The Kier molecular flexibility index (Phi) is 93900. The fraction of sp³-hybridized carbons (Fsp3) is 0. The molecule has 0 aromatic heterocycles. The number of rotatable bonds is 0. The Morgan fingerprint density at radius 1 is 0.538 bits per heavy atom. The molecule has 0 saturated carbocycles. The van der Waals surface area contributed by atoms with Crippen LogP contribution in [0.1, 0.15) is 0 Å². The van der Waals surface area contributed by atoms with Crippen molar-refractivity contribution in [2.45, 2.75) is 0 Å². The first-order chi connectivity index (χ1) is 0. The summed E-state index contributed by atoms with van der Waals surface area (Å²) in [6.45, 7) is 0. The van der Waals surface area contributed by atoms with Gasteiger partial charge in [0.1, 0.15) is 0 Å². The standard InChI is InChI=1S/2Al.Cr.H3N.2H2O.6O.Si/h;;;1H3;2*1H2;;;;;;;/q3*+3;;;;6*-2;+4/p-1. The van der Waals surface area contributed by atoms with Gasteiger partial charge >= 0.3 is 63.0 Å². The molecule has 0 aromatic carbocycles. The van der Waals surface area contributed by atoms with Crippen LogP contribution in [0.3, 0.4) is 0 Å². The Labute approximate surface area is 113 Å². The molecule has 0 aliphatic heterocycles. The van der Waals surface area contributed by atoms with E-state index in [1.807, 2.05) is 0 Å². The zero-order chi connectivity index (χ0) is 0. The Morgan fingerprint density at radius 3 is 0.538 bits per heavy atom. The fourth-order valence-electron chi connectivity index (χ4n) is 0. The van der Waals surface area contributed by atoms with Gasteiger partial charge in [-0.25, -0.2) is 0 Å². The maximum Gasteiger partial charge on any atom is 4.00 e. The molecular weight excluding hydrogens is 276 g/mol. The van der Waals surface area contributed by atoms with Crippen molar-refractivity contribution in [3.63, 3.8) is 0 Å². The molecule has 0 spiro atoms. The Balaban J connectivity index is 0. The average Bonchev–Trinajstić information content (AvgIpc) is 0. The van der Waals surface area contributed by atoms with Crippen molar-refractivity contribution >= 4 is 45.7 Å². The molecular formula is H6Al2CrNO8Si. The first-order valence-electron chi connectivity index (χ1n) is 0. The second-order valence-corrected chi connectivity index (χ2v) is 0. The van der Waals surface area contributed by atoms with Crippen LogP contribution in [0.2, 0.25) is 0 Å². The normalized spacial score (nSPS) is 0. The van der Waals surface area contributed by atoms with Crippen molar-refractivity contribution in [3.8, 4) is 0 Å². The van der Waals surface area contributed by atoms with Crippen LogP contribution in [-0.2, 0) is 50.2 Å². The van der Waals surface area contributed by atoms with Gasteiger partial charge in [0.25, 0.3) is 0 Å². The van der Waals surface area contributed by atoms with Gasteiger partial charge in [-0.2, -0.15) is 0 Å². The van der Waals surface area contributed by atoms with Gasteiger partial charge in [-0.15, -0.1) is 0 Å². The van der Waals surface area contributed by atoms with E-state index in [0.29, 0.717) is 0 Å². The second-order valence-electron chi connectivity index (χ2n) is 0. The van der Waals surface area contributed by atoms with E-state index in [4.69, 9.17) is 0 Å². The van der Waals surface area contributed by atoms with Gasteiger partial charge in [0, 0.05) is 0 Å². The van der Waals surface area contributed by atoms with Gasteiger partial charge in [0.05, 0.1) is 0 Å². The molecule has 0 aliphatic carbocycles. The Hall–Kier alpha value is 1.45. The molecule has 0 bridgehead atoms. The quantitative estimate of drug-likeness (QED) is 0.464. The summed E-state index contributed by atoms with van der Waals surface area (Å²) in [5, 5.41) is 0. The Bertz CT molecular complexity index is 22.1. The summed E-state index contributed by atoms with van der Waals surface area (Å²) >= 11 is 0. The van der Waals surface area contributed by atoms with Crippen LogP contribution in [0, 0.1) is 0 Å². The maximum atomic E-state index is 0. The average molecular weight is 282 g/mol. The summed E-state index contributed by atoms with van der Waals surface area (Å²) in [6.07, 6.45) is 0. The monoisotopic (exact) mass is 282 g/mol. The molecule has 75 valence electrons. The first kappa shape index (κ1) is 1240. The van der Waals surface area contributed by atoms with Crippen LogP contribution in [0.5, 0.6) is 0 Å². The maximum absolute atomic E-state index is 0. The minimum atomic E-state index is 0. The summed E-state index contributed by atoms with van der Waals surface area (Å²) in [4.78, 5) is 0. The van der Waals surface area contributed by atoms with E-state index in [9.17, 15) is 0 Å². The van der Waals surface area contributed by atoms with Crippen LogP contribution in [0.4, 0.5) is 0 Å². The zero-order valence-corrected chi connectivity index (χ0v) is 10.8. The van der Waals surface area contributed by atoms with E-state index in [2.05, 4.69) is 0 Å². The van der Waals surface area contributed by atoms with Gasteiger partial charge in [0.2, 0.25) is 0 Å². The van der Waals surface area contributed by atoms with Gasteiger partial charge in [-0.1, -0.05) is 0 Å². The zero-order valence-electron chi connectivity index (χ0n) is 6.17. The van der Waals surface area contributed by atoms with Crippen LogP contribution < -0.4 is 6.15 Å². The van der Waals surface area contributed by atoms with E-state index >= 15 is 0 Å². The van der Waals surface area contributed by atoms with Gasteiger partial charge in [-0.3, -0.25) is 0 Å². The van der Waals surface area contributed by atoms with Crippen LogP contribution in [0.15, 0.2) is 0 Å². The van der Waals surface area contributed by atoms with E-state index in [1.54, 1.807) is 0 Å². The summed E-state index contributed by atoms with van der Waals surface area (Å²) in [6, 6.07) is 0. The number of hydrogen-bond acceptors (Lipinski definition) is 2. The van der Waals surface area contributed by atoms with Gasteiger partial charge < -0.3 is 50.0 Å². The third-order valence-electron chi connectivity index (χ3n) is 0. The van der Waals surface area contributed by atoms with Crippen LogP contribution in [0.25, 0.3) is 0 Å². The van der Waals surface area contributed by atoms with Crippen LogP contribution >= 0.6 is 0 Å². The summed E-state index contributed by atoms with van der Waals surface area (Å²) in [5.74, 6) is 0. The smallest absolute Gasteiger partial charge is 2.00 e. The third-order valence-corrected chi connectivity index (χ3v) is 0. The largest absolute Gasteiger partial charge is 4.00 e. The van der Waals surface area contributed by atoms with Crippen molar-refractivity contribution in [2.75, 3.05) is 0 Å². The van der Waals surface area contributed by atoms with Crippen LogP contribution in [-0.4, -0.2) is 56.6 Å². The number of hydrogen-bond donors (Lipinski definition) is 1. The molecule has 0 saturated heterocycles. The molecule has 9 nitrogen and oxygen atoms in total. The van der Waals surface area contributed by atoms with E-state index in [1.165, 1.54) is 0 Å². The van der Waals surface area contributed by atoms with E-state index < -0.39 is 0 Å². The molecule has 0 unspecified atom stereocenters. The predicted octanol–water partition coefficient (Wildman–Crippen LogP) is -2.70. The SMILES string of the molecule is N.O.[Al+3].[Al+3].[Cr+3].[O-2].[O-2].[O-2].[O-2].[O-2].[O-2].[OH-].[Si+4]. The molecule has 1 radical (unpaired) electrons. The summed E-state index contributed by atoms with van der Waals surface area (Å²) < 4.78 is 0. The van der Waals surface area contributed by atoms with E-state index in [0.717, 1.165) is 0 Å². The third kappa shape index (κ3) is 835. The minimum Gasteiger partial charge on any atom is -2.00 e. The van der Waals surface area contributed by atoms with Crippen molar-refractivity contribution < 1.29 is 61.2 Å². The van der Waals surface area contributed by atoms with Crippen molar-refractivity contribution in [1.82, 2.24) is 6.15 Å². The molecule has 0 aliphatic rings. The topological polar surface area (TPSA) is 268 Å². The molecule has 13 heavy (non-hydrogen) atoms. The molecule has 0 rings (SSSR count). The van der Waals surface area contributed by atoms with Crippen molar-refractivity contribution in [1.29, 1.82) is 0 Å². The second kappa shape index (κ2) is 987. The minimum absolute atomic E-state index is 0. The van der Waals surface area contributed by atoms with E-state index in [-0.39, 0.29) is 113 Å². The van der Waals surface area contributed by atoms with Gasteiger partial charge in [0.15, 0.2) is 0 Å².